The minimum Gasteiger partial charge on any atom is -0.454 e. The Hall–Kier alpha value is -2.35. The highest BCUT2D eigenvalue weighted by molar-refractivity contribution is 7.15. The third kappa shape index (κ3) is 3.05. The molecule has 2 aromatic rings. The number of anilines is 1. The normalized spacial score (nSPS) is 14.0. The molecule has 1 atom stereocenters. The summed E-state index contributed by atoms with van der Waals surface area (Å²) < 4.78 is 10.5. The number of carbonyl (C=O) groups excluding carboxylic acids is 1. The lowest BCUT2D eigenvalue weighted by molar-refractivity contribution is -0.121. The highest BCUT2D eigenvalue weighted by Gasteiger charge is 2.17. The molecule has 1 aliphatic heterocycles. The van der Waals surface area contributed by atoms with E-state index in [9.17, 15) is 4.79 Å². The van der Waals surface area contributed by atoms with E-state index < -0.39 is 0 Å². The van der Waals surface area contributed by atoms with Gasteiger partial charge in [0, 0.05) is 0 Å². The zero-order valence-electron chi connectivity index (χ0n) is 11.3. The predicted molar refractivity (Wildman–Crippen MR) is 77.1 cm³/mol. The number of hydrogen-bond acceptors (Lipinski definition) is 7. The largest absolute Gasteiger partial charge is 0.454 e. The maximum atomic E-state index is 12.0. The van der Waals surface area contributed by atoms with Crippen LogP contribution >= 0.6 is 11.3 Å². The number of nitrogen functional groups attached to an aromatic ring is 1. The molecule has 21 heavy (non-hydrogen) atoms. The summed E-state index contributed by atoms with van der Waals surface area (Å²) in [6.45, 7) is 2.07. The Labute approximate surface area is 125 Å². The molecule has 0 fully saturated rings. The lowest BCUT2D eigenvalue weighted by Crippen LogP contribution is -2.28. The molecule has 8 heteroatoms. The fourth-order valence-corrected chi connectivity index (χ4v) is 2.63. The number of carbonyl (C=O) groups is 1. The van der Waals surface area contributed by atoms with Gasteiger partial charge in [0.05, 0.1) is 12.5 Å². The Morgan fingerprint density at radius 1 is 1.43 bits per heavy atom. The maximum Gasteiger partial charge on any atom is 0.231 e. The topological polar surface area (TPSA) is 99.4 Å². The standard InChI is InChI=1S/C13H14N4O3S/c1-7(12-16-17-13(14)21-12)15-11(18)5-8-2-3-9-10(4-8)20-6-19-9/h2-4,7H,5-6H2,1H3,(H2,14,17)(H,15,18). The summed E-state index contributed by atoms with van der Waals surface area (Å²) in [7, 11) is 0. The second kappa shape index (κ2) is 5.57. The van der Waals surface area contributed by atoms with Crippen LogP contribution in [0, 0.1) is 0 Å². The van der Waals surface area contributed by atoms with Gasteiger partial charge in [-0.3, -0.25) is 4.79 Å². The van der Waals surface area contributed by atoms with Crippen molar-refractivity contribution in [2.75, 3.05) is 12.5 Å². The zero-order chi connectivity index (χ0) is 14.8. The van der Waals surface area contributed by atoms with E-state index in [-0.39, 0.29) is 25.2 Å². The molecule has 3 N–H and O–H groups in total. The summed E-state index contributed by atoms with van der Waals surface area (Å²) in [4.78, 5) is 12.0. The van der Waals surface area contributed by atoms with Crippen molar-refractivity contribution in [3.8, 4) is 11.5 Å². The third-order valence-electron chi connectivity index (χ3n) is 3.01. The van der Waals surface area contributed by atoms with E-state index in [4.69, 9.17) is 15.2 Å². The molecule has 0 bridgehead atoms. The van der Waals surface area contributed by atoms with E-state index in [0.29, 0.717) is 21.6 Å². The van der Waals surface area contributed by atoms with Crippen LogP contribution in [0.1, 0.15) is 23.5 Å². The predicted octanol–water partition coefficient (Wildman–Crippen LogP) is 1.27. The van der Waals surface area contributed by atoms with Gasteiger partial charge in [-0.25, -0.2) is 0 Å². The molecule has 1 aromatic carbocycles. The summed E-state index contributed by atoms with van der Waals surface area (Å²) >= 11 is 1.26. The number of hydrogen-bond donors (Lipinski definition) is 2. The van der Waals surface area contributed by atoms with Crippen molar-refractivity contribution in [1.29, 1.82) is 0 Å². The number of amides is 1. The van der Waals surface area contributed by atoms with Crippen LogP contribution in [0.3, 0.4) is 0 Å². The van der Waals surface area contributed by atoms with Crippen LogP contribution in [0.25, 0.3) is 0 Å². The van der Waals surface area contributed by atoms with Gasteiger partial charge >= 0.3 is 0 Å². The molecule has 1 aromatic heterocycles. The minimum atomic E-state index is -0.221. The lowest BCUT2D eigenvalue weighted by atomic mass is 10.1. The molecule has 0 saturated heterocycles. The number of fused-ring (bicyclic) bond motifs is 1. The number of aromatic nitrogens is 2. The Kier molecular flexibility index (Phi) is 3.61. The first-order chi connectivity index (χ1) is 10.1. The molecule has 0 spiro atoms. The number of benzene rings is 1. The molecule has 1 aliphatic rings. The molecule has 0 saturated carbocycles. The molecular weight excluding hydrogens is 292 g/mol. The van der Waals surface area contributed by atoms with Gasteiger partial charge in [-0.1, -0.05) is 17.4 Å². The van der Waals surface area contributed by atoms with Crippen LogP contribution < -0.4 is 20.5 Å². The Morgan fingerprint density at radius 3 is 3.00 bits per heavy atom. The van der Waals surface area contributed by atoms with Crippen LogP contribution in [-0.2, 0) is 11.2 Å². The lowest BCUT2D eigenvalue weighted by Gasteiger charge is -2.10. The first kappa shape index (κ1) is 13.6. The van der Waals surface area contributed by atoms with E-state index in [2.05, 4.69) is 15.5 Å². The molecule has 2 heterocycles. The van der Waals surface area contributed by atoms with Gasteiger partial charge in [-0.05, 0) is 24.6 Å². The number of rotatable bonds is 4. The first-order valence-electron chi connectivity index (χ1n) is 6.38. The molecule has 1 amide bonds. The summed E-state index contributed by atoms with van der Waals surface area (Å²) in [5.74, 6) is 1.28. The number of nitrogens with two attached hydrogens (primary N) is 1. The SMILES string of the molecule is CC(NC(=O)Cc1ccc2c(c1)OCO2)c1nnc(N)s1. The van der Waals surface area contributed by atoms with Gasteiger partial charge in [-0.15, -0.1) is 10.2 Å². The zero-order valence-corrected chi connectivity index (χ0v) is 12.1. The van der Waals surface area contributed by atoms with Crippen molar-refractivity contribution in [2.45, 2.75) is 19.4 Å². The molecule has 0 radical (unpaired) electrons. The van der Waals surface area contributed by atoms with Gasteiger partial charge in [0.2, 0.25) is 17.8 Å². The smallest absolute Gasteiger partial charge is 0.231 e. The Balaban J connectivity index is 1.61. The number of nitrogens with zero attached hydrogens (tertiary/aromatic N) is 2. The summed E-state index contributed by atoms with van der Waals surface area (Å²) in [6, 6.07) is 5.25. The molecule has 7 nitrogen and oxygen atoms in total. The van der Waals surface area contributed by atoms with E-state index in [1.807, 2.05) is 19.1 Å². The first-order valence-corrected chi connectivity index (χ1v) is 7.20. The second-order valence-electron chi connectivity index (χ2n) is 4.63. The van der Waals surface area contributed by atoms with Gasteiger partial charge in [0.15, 0.2) is 11.5 Å². The number of ether oxygens (including phenoxy) is 2. The highest BCUT2D eigenvalue weighted by atomic mass is 32.1. The quantitative estimate of drug-likeness (QED) is 0.882. The van der Waals surface area contributed by atoms with Crippen molar-refractivity contribution in [3.05, 3.63) is 28.8 Å². The third-order valence-corrected chi connectivity index (χ3v) is 3.94. The van der Waals surface area contributed by atoms with Crippen molar-refractivity contribution >= 4 is 22.4 Å². The van der Waals surface area contributed by atoms with Crippen LogP contribution in [0.5, 0.6) is 11.5 Å². The van der Waals surface area contributed by atoms with Crippen molar-refractivity contribution in [1.82, 2.24) is 15.5 Å². The summed E-state index contributed by atoms with van der Waals surface area (Å²) in [5, 5.41) is 11.6. The molecule has 110 valence electrons. The van der Waals surface area contributed by atoms with Crippen molar-refractivity contribution in [3.63, 3.8) is 0 Å². The van der Waals surface area contributed by atoms with Gasteiger partial charge in [-0.2, -0.15) is 0 Å². The van der Waals surface area contributed by atoms with Crippen LogP contribution in [0.4, 0.5) is 5.13 Å². The average Bonchev–Trinajstić information content (AvgIpc) is 3.06. The molecular formula is C13H14N4O3S. The van der Waals surface area contributed by atoms with Crippen molar-refractivity contribution in [2.24, 2.45) is 0 Å². The Morgan fingerprint density at radius 2 is 2.24 bits per heavy atom. The molecule has 0 aliphatic carbocycles. The van der Waals surface area contributed by atoms with Crippen molar-refractivity contribution < 1.29 is 14.3 Å². The van der Waals surface area contributed by atoms with E-state index in [0.717, 1.165) is 5.56 Å². The van der Waals surface area contributed by atoms with Crippen LogP contribution in [0.15, 0.2) is 18.2 Å². The van der Waals surface area contributed by atoms with Gasteiger partial charge in [0.25, 0.3) is 0 Å². The van der Waals surface area contributed by atoms with Crippen LogP contribution in [-0.4, -0.2) is 22.9 Å². The fourth-order valence-electron chi connectivity index (χ4n) is 2.01. The summed E-state index contributed by atoms with van der Waals surface area (Å²) in [6.07, 6.45) is 0.259. The van der Waals surface area contributed by atoms with E-state index in [1.165, 1.54) is 11.3 Å². The van der Waals surface area contributed by atoms with Crippen LogP contribution in [0.2, 0.25) is 0 Å². The van der Waals surface area contributed by atoms with E-state index >= 15 is 0 Å². The van der Waals surface area contributed by atoms with E-state index in [1.54, 1.807) is 6.07 Å². The molecule has 3 rings (SSSR count). The number of nitrogens with one attached hydrogen (secondary N) is 1. The second-order valence-corrected chi connectivity index (χ2v) is 5.67. The Bertz CT molecular complexity index is 673. The monoisotopic (exact) mass is 306 g/mol. The minimum absolute atomic E-state index is 0.102. The fraction of sp³-hybridized carbons (Fsp3) is 0.308. The highest BCUT2D eigenvalue weighted by Crippen LogP contribution is 2.32. The summed E-state index contributed by atoms with van der Waals surface area (Å²) in [5.41, 5.74) is 6.39. The average molecular weight is 306 g/mol. The van der Waals surface area contributed by atoms with Gasteiger partial charge in [0.1, 0.15) is 5.01 Å². The maximum absolute atomic E-state index is 12.0. The van der Waals surface area contributed by atoms with Gasteiger partial charge < -0.3 is 20.5 Å². The molecule has 1 unspecified atom stereocenters.